The van der Waals surface area contributed by atoms with Gasteiger partial charge in [-0.15, -0.1) is 11.6 Å². The number of nitrogens with one attached hydrogen (secondary N) is 1. The van der Waals surface area contributed by atoms with Crippen molar-refractivity contribution >= 4 is 29.3 Å². The lowest BCUT2D eigenvalue weighted by molar-refractivity contribution is -0.146. The molecule has 1 amide bonds. The smallest absolute Gasteiger partial charge is 0.328 e. The number of hydrogen-bond donors (Lipinski definition) is 1. The molecule has 1 aromatic carbocycles. The van der Waals surface area contributed by atoms with Crippen LogP contribution in [-0.4, -0.2) is 36.7 Å². The Kier molecular flexibility index (Phi) is 9.96. The van der Waals surface area contributed by atoms with E-state index in [9.17, 15) is 14.4 Å². The van der Waals surface area contributed by atoms with Gasteiger partial charge in [0.15, 0.2) is 0 Å². The molecule has 0 aliphatic carbocycles. The lowest BCUT2D eigenvalue weighted by Gasteiger charge is -2.22. The van der Waals surface area contributed by atoms with Crippen molar-refractivity contribution in [2.45, 2.75) is 45.6 Å². The summed E-state index contributed by atoms with van der Waals surface area (Å²) in [7, 11) is 1.30. The molecule has 0 saturated carbocycles. The van der Waals surface area contributed by atoms with Gasteiger partial charge in [0.1, 0.15) is 11.8 Å². The summed E-state index contributed by atoms with van der Waals surface area (Å²) in [6.07, 6.45) is 1.72. The number of esters is 1. The van der Waals surface area contributed by atoms with E-state index in [2.05, 4.69) is 5.32 Å². The summed E-state index contributed by atoms with van der Waals surface area (Å²) in [6.45, 7) is 3.93. The van der Waals surface area contributed by atoms with Crippen LogP contribution in [0.4, 0.5) is 0 Å². The van der Waals surface area contributed by atoms with Gasteiger partial charge in [0, 0.05) is 12.3 Å². The van der Waals surface area contributed by atoms with Crippen LogP contribution < -0.4 is 5.32 Å². The van der Waals surface area contributed by atoms with Crippen molar-refractivity contribution in [1.82, 2.24) is 5.32 Å². The van der Waals surface area contributed by atoms with Gasteiger partial charge in [0.25, 0.3) is 0 Å². The molecule has 0 bridgehead atoms. The molecule has 1 aromatic rings. The number of benzene rings is 1. The molecule has 0 aliphatic rings. The van der Waals surface area contributed by atoms with Gasteiger partial charge in [0.05, 0.1) is 13.0 Å². The molecule has 0 unspecified atom stereocenters. The van der Waals surface area contributed by atoms with Crippen molar-refractivity contribution in [3.05, 3.63) is 35.9 Å². The highest BCUT2D eigenvalue weighted by Gasteiger charge is 2.28. The number of carbonyl (C=O) groups excluding carboxylic acids is 3. The number of amides is 1. The largest absolute Gasteiger partial charge is 0.467 e. The second-order valence-electron chi connectivity index (χ2n) is 6.81. The topological polar surface area (TPSA) is 72.5 Å². The molecule has 26 heavy (non-hydrogen) atoms. The van der Waals surface area contributed by atoms with Crippen LogP contribution in [0.2, 0.25) is 0 Å². The van der Waals surface area contributed by atoms with Gasteiger partial charge < -0.3 is 10.1 Å². The number of alkyl halides is 1. The summed E-state index contributed by atoms with van der Waals surface area (Å²) in [5, 5.41) is 2.76. The summed E-state index contributed by atoms with van der Waals surface area (Å²) in [5.74, 6) is -1.40. The number of hydrogen-bond acceptors (Lipinski definition) is 4. The molecule has 1 rings (SSSR count). The Morgan fingerprint density at radius 2 is 1.81 bits per heavy atom. The molecule has 0 aliphatic heterocycles. The van der Waals surface area contributed by atoms with Crippen molar-refractivity contribution in [3.8, 4) is 0 Å². The van der Waals surface area contributed by atoms with Crippen molar-refractivity contribution in [2.75, 3.05) is 13.0 Å². The van der Waals surface area contributed by atoms with Gasteiger partial charge in [0.2, 0.25) is 5.91 Å². The van der Waals surface area contributed by atoms with E-state index in [1.165, 1.54) is 7.11 Å². The highest BCUT2D eigenvalue weighted by Crippen LogP contribution is 2.16. The Morgan fingerprint density at radius 1 is 1.15 bits per heavy atom. The van der Waals surface area contributed by atoms with Crippen LogP contribution in [0.15, 0.2) is 30.3 Å². The molecule has 1 N–H and O–H groups in total. The number of methoxy groups -OCH3 is 1. The second kappa shape index (κ2) is 11.7. The monoisotopic (exact) mass is 381 g/mol. The Hall–Kier alpha value is -1.88. The Balaban J connectivity index is 2.80. The molecule has 0 radical (unpaired) electrons. The normalized spacial score (nSPS) is 13.1. The fourth-order valence-corrected chi connectivity index (χ4v) is 2.87. The minimum atomic E-state index is -0.710. The molecule has 0 heterocycles. The number of Topliss-reactive ketones (excluding diaryl/α,β-unsaturated/α-hetero) is 1. The minimum absolute atomic E-state index is 0.0672. The predicted molar refractivity (Wildman–Crippen MR) is 102 cm³/mol. The van der Waals surface area contributed by atoms with E-state index in [4.69, 9.17) is 16.3 Å². The van der Waals surface area contributed by atoms with E-state index in [1.807, 2.05) is 44.2 Å². The summed E-state index contributed by atoms with van der Waals surface area (Å²) in [4.78, 5) is 36.4. The molecular weight excluding hydrogens is 354 g/mol. The summed E-state index contributed by atoms with van der Waals surface area (Å²) in [5.41, 5.74) is 1.09. The Morgan fingerprint density at radius 3 is 2.35 bits per heavy atom. The Bertz CT molecular complexity index is 589. The first-order valence-electron chi connectivity index (χ1n) is 8.87. The van der Waals surface area contributed by atoms with Crippen LogP contribution >= 0.6 is 11.6 Å². The lowest BCUT2D eigenvalue weighted by Crippen LogP contribution is -2.45. The molecule has 6 heteroatoms. The van der Waals surface area contributed by atoms with E-state index in [1.54, 1.807) is 0 Å². The van der Waals surface area contributed by atoms with Gasteiger partial charge in [-0.05, 0) is 30.7 Å². The van der Waals surface area contributed by atoms with Crippen molar-refractivity contribution in [2.24, 2.45) is 11.8 Å². The zero-order chi connectivity index (χ0) is 19.5. The van der Waals surface area contributed by atoms with Gasteiger partial charge >= 0.3 is 5.97 Å². The highest BCUT2D eigenvalue weighted by atomic mass is 35.5. The average molecular weight is 382 g/mol. The number of halogens is 1. The third-order valence-corrected chi connectivity index (χ3v) is 4.43. The van der Waals surface area contributed by atoms with Gasteiger partial charge in [-0.1, -0.05) is 44.2 Å². The maximum absolute atomic E-state index is 12.7. The van der Waals surface area contributed by atoms with Gasteiger partial charge in [-0.2, -0.15) is 0 Å². The lowest BCUT2D eigenvalue weighted by atomic mass is 9.93. The summed E-state index contributed by atoms with van der Waals surface area (Å²) in [6, 6.07) is 9.05. The summed E-state index contributed by atoms with van der Waals surface area (Å²) < 4.78 is 4.78. The van der Waals surface area contributed by atoms with Crippen LogP contribution in [0.25, 0.3) is 0 Å². The first kappa shape index (κ1) is 22.2. The van der Waals surface area contributed by atoms with Crippen LogP contribution in [0, 0.1) is 11.8 Å². The van der Waals surface area contributed by atoms with E-state index in [0.717, 1.165) is 5.56 Å². The molecule has 0 spiro atoms. The quantitative estimate of drug-likeness (QED) is 0.472. The SMILES string of the molecule is COC(=O)[C@H](CC(C)C)NC(=O)[C@H](CCc1ccccc1)CC(=O)CCl. The molecule has 144 valence electrons. The Labute approximate surface area is 160 Å². The van der Waals surface area contributed by atoms with Gasteiger partial charge in [-0.25, -0.2) is 4.79 Å². The molecular formula is C20H28ClNO4. The van der Waals surface area contributed by atoms with Crippen LogP contribution in [0.1, 0.15) is 38.7 Å². The van der Waals surface area contributed by atoms with Crippen molar-refractivity contribution < 1.29 is 19.1 Å². The van der Waals surface area contributed by atoms with Crippen LogP contribution in [0.3, 0.4) is 0 Å². The fourth-order valence-electron chi connectivity index (χ4n) is 2.76. The van der Waals surface area contributed by atoms with E-state index in [0.29, 0.717) is 19.3 Å². The number of ketones is 1. The van der Waals surface area contributed by atoms with Crippen LogP contribution in [-0.2, 0) is 25.5 Å². The van der Waals surface area contributed by atoms with Gasteiger partial charge in [-0.3, -0.25) is 9.59 Å². The standard InChI is InChI=1S/C20H28ClNO4/c1-14(2)11-18(20(25)26-3)22-19(24)16(12-17(23)13-21)10-9-15-7-5-4-6-8-15/h4-8,14,16,18H,9-13H2,1-3H3,(H,22,24)/t16-,18+/m1/s1. The predicted octanol–water partition coefficient (Wildman–Crippen LogP) is 3.14. The van der Waals surface area contributed by atoms with E-state index in [-0.39, 0.29) is 29.9 Å². The van der Waals surface area contributed by atoms with Crippen molar-refractivity contribution in [1.29, 1.82) is 0 Å². The van der Waals surface area contributed by atoms with E-state index >= 15 is 0 Å². The van der Waals surface area contributed by atoms with Crippen molar-refractivity contribution in [3.63, 3.8) is 0 Å². The first-order valence-corrected chi connectivity index (χ1v) is 9.40. The summed E-state index contributed by atoms with van der Waals surface area (Å²) >= 11 is 5.61. The molecule has 0 saturated heterocycles. The third kappa shape index (κ3) is 8.00. The molecule has 0 aromatic heterocycles. The maximum Gasteiger partial charge on any atom is 0.328 e. The number of aryl methyl sites for hydroxylation is 1. The zero-order valence-corrected chi connectivity index (χ0v) is 16.4. The van der Waals surface area contributed by atoms with Crippen LogP contribution in [0.5, 0.6) is 0 Å². The highest BCUT2D eigenvalue weighted by molar-refractivity contribution is 6.27. The molecule has 0 fully saturated rings. The molecule has 2 atom stereocenters. The maximum atomic E-state index is 12.7. The molecule has 5 nitrogen and oxygen atoms in total. The number of rotatable bonds is 11. The first-order chi connectivity index (χ1) is 12.4. The van der Waals surface area contributed by atoms with E-state index < -0.39 is 17.9 Å². The number of carbonyl (C=O) groups is 3. The third-order valence-electron chi connectivity index (χ3n) is 4.13. The number of ether oxygens (including phenoxy) is 1. The average Bonchev–Trinajstić information content (AvgIpc) is 2.63. The fraction of sp³-hybridized carbons (Fsp3) is 0.550. The minimum Gasteiger partial charge on any atom is -0.467 e. The second-order valence-corrected chi connectivity index (χ2v) is 7.08. The zero-order valence-electron chi connectivity index (χ0n) is 15.7.